The van der Waals surface area contributed by atoms with E-state index in [0.29, 0.717) is 18.9 Å². The molecule has 0 spiro atoms. The molecule has 0 aliphatic heterocycles. The second-order valence-electron chi connectivity index (χ2n) is 9.68. The number of carbonyl (C=O) groups is 3. The third-order valence-electron chi connectivity index (χ3n) is 6.44. The van der Waals surface area contributed by atoms with Crippen molar-refractivity contribution in [2.45, 2.75) is 58.4 Å². The van der Waals surface area contributed by atoms with E-state index in [1.807, 2.05) is 31.2 Å². The molecule has 0 heterocycles. The summed E-state index contributed by atoms with van der Waals surface area (Å²) in [5, 5.41) is 14.6. The van der Waals surface area contributed by atoms with Crippen LogP contribution in [0, 0.1) is 11.8 Å². The van der Waals surface area contributed by atoms with Crippen molar-refractivity contribution in [1.29, 1.82) is 0 Å². The topological polar surface area (TPSA) is 105 Å². The summed E-state index contributed by atoms with van der Waals surface area (Å²) in [5.74, 6) is -0.868. The van der Waals surface area contributed by atoms with E-state index in [-0.39, 0.29) is 37.2 Å². The quantitative estimate of drug-likeness (QED) is 0.399. The molecule has 0 saturated heterocycles. The highest BCUT2D eigenvalue weighted by molar-refractivity contribution is 5.79. The molecule has 188 valence electrons. The molecule has 3 rings (SSSR count). The minimum Gasteiger partial charge on any atom is -0.481 e. The van der Waals surface area contributed by atoms with Crippen molar-refractivity contribution in [3.63, 3.8) is 0 Å². The fourth-order valence-corrected chi connectivity index (χ4v) is 4.84. The first kappa shape index (κ1) is 26.3. The smallest absolute Gasteiger partial charge is 0.407 e. The van der Waals surface area contributed by atoms with Crippen molar-refractivity contribution in [1.82, 2.24) is 10.6 Å². The number of nitrogens with one attached hydrogen (secondary N) is 2. The second-order valence-corrected chi connectivity index (χ2v) is 9.68. The lowest BCUT2D eigenvalue weighted by atomic mass is 9.93. The number of carbonyl (C=O) groups excluding carboxylic acids is 2. The number of alkyl carbamates (subject to hydrolysis) is 1. The number of hydrogen-bond donors (Lipinski definition) is 3. The normalized spacial score (nSPS) is 14.1. The predicted molar refractivity (Wildman–Crippen MR) is 135 cm³/mol. The van der Waals surface area contributed by atoms with Crippen LogP contribution in [0.15, 0.2) is 48.5 Å². The van der Waals surface area contributed by atoms with Crippen molar-refractivity contribution in [2.75, 3.05) is 13.2 Å². The van der Waals surface area contributed by atoms with Gasteiger partial charge < -0.3 is 20.5 Å². The molecule has 1 aliphatic rings. The van der Waals surface area contributed by atoms with E-state index >= 15 is 0 Å². The second kappa shape index (κ2) is 12.4. The SMILES string of the molecule is CC[C@H](CC(=O)O)NC(=O)CC(CNC(=O)OCC1c2ccccc2-c2ccccc21)CC(C)C. The van der Waals surface area contributed by atoms with Gasteiger partial charge >= 0.3 is 12.1 Å². The molecule has 7 heteroatoms. The Labute approximate surface area is 207 Å². The molecule has 2 amide bonds. The van der Waals surface area contributed by atoms with Crippen LogP contribution in [0.3, 0.4) is 0 Å². The van der Waals surface area contributed by atoms with Crippen molar-refractivity contribution in [2.24, 2.45) is 11.8 Å². The van der Waals surface area contributed by atoms with Crippen LogP contribution in [0.1, 0.15) is 63.5 Å². The summed E-state index contributed by atoms with van der Waals surface area (Å²) in [4.78, 5) is 36.0. The summed E-state index contributed by atoms with van der Waals surface area (Å²) in [6.45, 7) is 6.54. The van der Waals surface area contributed by atoms with E-state index in [1.165, 1.54) is 11.1 Å². The molecule has 3 N–H and O–H groups in total. The Morgan fingerprint density at radius 3 is 2.11 bits per heavy atom. The molecule has 1 aliphatic carbocycles. The summed E-state index contributed by atoms with van der Waals surface area (Å²) < 4.78 is 5.61. The van der Waals surface area contributed by atoms with Crippen molar-refractivity contribution in [3.8, 4) is 11.1 Å². The molecular weight excluding hydrogens is 444 g/mol. The fourth-order valence-electron chi connectivity index (χ4n) is 4.84. The van der Waals surface area contributed by atoms with Crippen LogP contribution in [0.2, 0.25) is 0 Å². The highest BCUT2D eigenvalue weighted by Gasteiger charge is 2.29. The number of amides is 2. The molecule has 1 unspecified atom stereocenters. The van der Waals surface area contributed by atoms with Crippen molar-refractivity contribution < 1.29 is 24.2 Å². The van der Waals surface area contributed by atoms with Crippen LogP contribution < -0.4 is 10.6 Å². The lowest BCUT2D eigenvalue weighted by Gasteiger charge is -2.21. The van der Waals surface area contributed by atoms with E-state index in [9.17, 15) is 14.4 Å². The molecule has 35 heavy (non-hydrogen) atoms. The first-order chi connectivity index (χ1) is 16.8. The molecule has 0 fully saturated rings. The Morgan fingerprint density at radius 1 is 0.971 bits per heavy atom. The molecule has 0 saturated carbocycles. The maximum Gasteiger partial charge on any atom is 0.407 e. The first-order valence-corrected chi connectivity index (χ1v) is 12.4. The molecule has 2 aromatic rings. The standard InChI is InChI=1S/C28H36N2O5/c1-4-20(15-27(32)33)30-26(31)14-19(13-18(2)3)16-29-28(34)35-17-25-23-11-7-5-9-21(23)22-10-6-8-12-24(22)25/h5-12,18-20,25H,4,13-17H2,1-3H3,(H,29,34)(H,30,31)(H,32,33)/t19?,20-/m1/s1. The molecule has 2 aromatic carbocycles. The number of hydrogen-bond acceptors (Lipinski definition) is 4. The number of carboxylic acids is 1. The average molecular weight is 481 g/mol. The Balaban J connectivity index is 1.54. The van der Waals surface area contributed by atoms with Crippen LogP contribution in [0.5, 0.6) is 0 Å². The van der Waals surface area contributed by atoms with Crippen molar-refractivity contribution in [3.05, 3.63) is 59.7 Å². The van der Waals surface area contributed by atoms with Gasteiger partial charge in [-0.3, -0.25) is 9.59 Å². The number of ether oxygens (including phenoxy) is 1. The predicted octanol–water partition coefficient (Wildman–Crippen LogP) is 4.95. The summed E-state index contributed by atoms with van der Waals surface area (Å²) >= 11 is 0. The highest BCUT2D eigenvalue weighted by atomic mass is 16.5. The number of fused-ring (bicyclic) bond motifs is 3. The third kappa shape index (κ3) is 7.31. The first-order valence-electron chi connectivity index (χ1n) is 12.4. The van der Waals surface area contributed by atoms with Gasteiger partial charge in [0.2, 0.25) is 5.91 Å². The van der Waals surface area contributed by atoms with Crippen LogP contribution in [-0.4, -0.2) is 42.3 Å². The summed E-state index contributed by atoms with van der Waals surface area (Å²) in [7, 11) is 0. The zero-order valence-corrected chi connectivity index (χ0v) is 20.8. The maximum atomic E-state index is 12.5. The van der Waals surface area contributed by atoms with E-state index in [2.05, 4.69) is 48.7 Å². The molecule has 7 nitrogen and oxygen atoms in total. The Bertz CT molecular complexity index is 990. The lowest BCUT2D eigenvalue weighted by molar-refractivity contribution is -0.137. The minimum absolute atomic E-state index is 0.00870. The van der Waals surface area contributed by atoms with Gasteiger partial charge in [0.15, 0.2) is 0 Å². The van der Waals surface area contributed by atoms with E-state index < -0.39 is 18.1 Å². The van der Waals surface area contributed by atoms with Crippen LogP contribution in [0.4, 0.5) is 4.79 Å². The van der Waals surface area contributed by atoms with Gasteiger partial charge in [-0.2, -0.15) is 0 Å². The minimum atomic E-state index is -0.937. The van der Waals surface area contributed by atoms with Crippen LogP contribution in [0.25, 0.3) is 11.1 Å². The molecule has 0 bridgehead atoms. The Kier molecular flexibility index (Phi) is 9.29. The number of rotatable bonds is 12. The average Bonchev–Trinajstić information content (AvgIpc) is 3.14. The maximum absolute atomic E-state index is 12.5. The fraction of sp³-hybridized carbons (Fsp3) is 0.464. The van der Waals surface area contributed by atoms with Crippen LogP contribution >= 0.6 is 0 Å². The molecule has 0 radical (unpaired) electrons. The molecule has 0 aromatic heterocycles. The summed E-state index contributed by atoms with van der Waals surface area (Å²) in [5.41, 5.74) is 4.66. The van der Waals surface area contributed by atoms with E-state index in [1.54, 1.807) is 0 Å². The van der Waals surface area contributed by atoms with Gasteiger partial charge in [-0.05, 0) is 46.9 Å². The van der Waals surface area contributed by atoms with Gasteiger partial charge in [0.25, 0.3) is 0 Å². The Morgan fingerprint density at radius 2 is 1.57 bits per heavy atom. The number of benzene rings is 2. The van der Waals surface area contributed by atoms with E-state index in [4.69, 9.17) is 9.84 Å². The third-order valence-corrected chi connectivity index (χ3v) is 6.44. The monoisotopic (exact) mass is 480 g/mol. The van der Waals surface area contributed by atoms with Gasteiger partial charge in [0.05, 0.1) is 6.42 Å². The van der Waals surface area contributed by atoms with Gasteiger partial charge in [-0.1, -0.05) is 69.3 Å². The van der Waals surface area contributed by atoms with Gasteiger partial charge in [0.1, 0.15) is 6.61 Å². The lowest BCUT2D eigenvalue weighted by Crippen LogP contribution is -2.39. The van der Waals surface area contributed by atoms with Crippen molar-refractivity contribution >= 4 is 18.0 Å². The number of carboxylic acid groups (broad SMARTS) is 1. The molecular formula is C28H36N2O5. The van der Waals surface area contributed by atoms with E-state index in [0.717, 1.165) is 17.5 Å². The highest BCUT2D eigenvalue weighted by Crippen LogP contribution is 2.44. The largest absolute Gasteiger partial charge is 0.481 e. The van der Waals surface area contributed by atoms with Gasteiger partial charge in [0, 0.05) is 24.9 Å². The Hall–Kier alpha value is -3.35. The zero-order chi connectivity index (χ0) is 25.4. The summed E-state index contributed by atoms with van der Waals surface area (Å²) in [6, 6.07) is 16.0. The molecule has 2 atom stereocenters. The van der Waals surface area contributed by atoms with Crippen LogP contribution in [-0.2, 0) is 14.3 Å². The summed E-state index contributed by atoms with van der Waals surface area (Å²) in [6.07, 6.45) is 0.920. The van der Waals surface area contributed by atoms with Gasteiger partial charge in [-0.25, -0.2) is 4.79 Å². The van der Waals surface area contributed by atoms with Gasteiger partial charge in [-0.15, -0.1) is 0 Å². The zero-order valence-electron chi connectivity index (χ0n) is 20.8. The number of aliphatic carboxylic acids is 1.